The number of benzene rings is 1. The Morgan fingerprint density at radius 1 is 1.14 bits per heavy atom. The average molecular weight is 480 g/mol. The van der Waals surface area contributed by atoms with E-state index in [4.69, 9.17) is 28.7 Å². The zero-order chi connectivity index (χ0) is 25.5. The first kappa shape index (κ1) is 25.9. The van der Waals surface area contributed by atoms with Crippen LogP contribution < -0.4 is 10.6 Å². The van der Waals surface area contributed by atoms with Crippen LogP contribution in [0.5, 0.6) is 0 Å². The van der Waals surface area contributed by atoms with Crippen LogP contribution in [-0.2, 0) is 30.1 Å². The Morgan fingerprint density at radius 3 is 2.49 bits per heavy atom. The van der Waals surface area contributed by atoms with E-state index >= 15 is 0 Å². The van der Waals surface area contributed by atoms with Crippen LogP contribution in [0.1, 0.15) is 56.1 Å². The van der Waals surface area contributed by atoms with Gasteiger partial charge in [0.1, 0.15) is 5.76 Å². The summed E-state index contributed by atoms with van der Waals surface area (Å²) < 4.78 is 27.4. The summed E-state index contributed by atoms with van der Waals surface area (Å²) in [6, 6.07) is 1.87. The van der Waals surface area contributed by atoms with E-state index in [0.717, 1.165) is 32.5 Å². The van der Waals surface area contributed by atoms with Crippen molar-refractivity contribution in [3.05, 3.63) is 68.6 Å². The number of carbonyl (C=O) groups excluding carboxylic acids is 1. The number of rotatable bonds is 5. The summed E-state index contributed by atoms with van der Waals surface area (Å²) >= 11 is 0. The Kier molecular flexibility index (Phi) is 8.58. The average Bonchev–Trinajstić information content (AvgIpc) is 3.18. The molecule has 1 aromatic carbocycles. The highest BCUT2D eigenvalue weighted by atomic mass is 16.7. The molecular weight excluding hydrogens is 446 g/mol. The molecule has 2 heterocycles. The van der Waals surface area contributed by atoms with E-state index in [0.29, 0.717) is 35.0 Å². The number of esters is 1. The van der Waals surface area contributed by atoms with Crippen molar-refractivity contribution in [1.29, 1.82) is 0 Å². The molecule has 35 heavy (non-hydrogen) atoms. The third-order valence-corrected chi connectivity index (χ3v) is 5.76. The maximum absolute atomic E-state index is 13.0. The van der Waals surface area contributed by atoms with Gasteiger partial charge >= 0.3 is 5.97 Å². The Morgan fingerprint density at radius 2 is 1.89 bits per heavy atom. The lowest BCUT2D eigenvalue weighted by Crippen LogP contribution is -2.29. The van der Waals surface area contributed by atoms with E-state index in [9.17, 15) is 4.79 Å². The topological polar surface area (TPSA) is 76.1 Å². The predicted octanol–water partition coefficient (Wildman–Crippen LogP) is 4.33. The van der Waals surface area contributed by atoms with Gasteiger partial charge in [-0.05, 0) is 61.9 Å². The molecule has 0 amide bonds. The molecule has 186 valence electrons. The standard InChI is InChI=1S/C26H27NO6.C2H6/c1-6-16-18-10-20(26(28)31-7-2)19-11-25(30-5)23(29-4)9-8-17(19)21(18)13-27-22(16)12-24-15(3)32-14-33-24;1-2/h6,9-13H,7-8,14H2,1-5H3;1-2H3/b16-6-,22-12+;. The van der Waals surface area contributed by atoms with Gasteiger partial charge in [-0.15, -0.1) is 0 Å². The molecule has 0 bridgehead atoms. The minimum absolute atomic E-state index is 0.194. The fourth-order valence-corrected chi connectivity index (χ4v) is 4.13. The highest BCUT2D eigenvalue weighted by Crippen LogP contribution is 2.32. The first-order valence-corrected chi connectivity index (χ1v) is 11.8. The molecule has 0 saturated carbocycles. The summed E-state index contributed by atoms with van der Waals surface area (Å²) in [6.07, 6.45) is 10.00. The van der Waals surface area contributed by atoms with Crippen molar-refractivity contribution < 1.29 is 28.5 Å². The van der Waals surface area contributed by atoms with E-state index in [-0.39, 0.29) is 13.4 Å². The number of fused-ring (bicyclic) bond motifs is 3. The van der Waals surface area contributed by atoms with Gasteiger partial charge in [0.05, 0.1) is 31.7 Å². The molecule has 0 N–H and O–H groups in total. The molecule has 0 saturated heterocycles. The van der Waals surface area contributed by atoms with E-state index in [1.807, 2.05) is 64.3 Å². The van der Waals surface area contributed by atoms with Crippen LogP contribution in [-0.4, -0.2) is 38.6 Å². The zero-order valence-corrected chi connectivity index (χ0v) is 21.5. The second kappa shape index (κ2) is 11.6. The van der Waals surface area contributed by atoms with Crippen LogP contribution in [0.15, 0.2) is 41.4 Å². The van der Waals surface area contributed by atoms with Crippen molar-refractivity contribution >= 4 is 35.0 Å². The fourth-order valence-electron chi connectivity index (χ4n) is 4.13. The summed E-state index contributed by atoms with van der Waals surface area (Å²) in [5, 5.41) is 3.47. The first-order chi connectivity index (χ1) is 17.0. The van der Waals surface area contributed by atoms with Crippen molar-refractivity contribution in [1.82, 2.24) is 4.98 Å². The lowest BCUT2D eigenvalue weighted by atomic mass is 9.92. The fraction of sp³-hybridized carbons (Fsp3) is 0.357. The third-order valence-electron chi connectivity index (χ3n) is 5.76. The molecule has 0 radical (unpaired) electrons. The SMILES string of the molecule is C/C=c1\c(=C/C2=C(C)OCO2)ncc2c3c(c(C(=O)OCC)cc12)C=C(OC)C(OC)=CC3.CC. The maximum atomic E-state index is 13.0. The molecule has 0 atom stereocenters. The highest BCUT2D eigenvalue weighted by molar-refractivity contribution is 6.02. The molecule has 7 heteroatoms. The molecule has 0 fully saturated rings. The molecule has 0 unspecified atom stereocenters. The predicted molar refractivity (Wildman–Crippen MR) is 136 cm³/mol. The summed E-state index contributed by atoms with van der Waals surface area (Å²) in [5.74, 6) is 2.12. The monoisotopic (exact) mass is 479 g/mol. The summed E-state index contributed by atoms with van der Waals surface area (Å²) in [5.41, 5.74) is 2.17. The second-order valence-electron chi connectivity index (χ2n) is 7.50. The Bertz CT molecular complexity index is 1330. The number of ether oxygens (including phenoxy) is 5. The number of hydrogen-bond donors (Lipinski definition) is 0. The molecule has 4 rings (SSSR count). The maximum Gasteiger partial charge on any atom is 0.338 e. The first-order valence-electron chi connectivity index (χ1n) is 11.8. The van der Waals surface area contributed by atoms with Gasteiger partial charge in [0.25, 0.3) is 0 Å². The van der Waals surface area contributed by atoms with Gasteiger partial charge in [-0.1, -0.05) is 19.9 Å². The van der Waals surface area contributed by atoms with E-state index < -0.39 is 5.97 Å². The van der Waals surface area contributed by atoms with Crippen molar-refractivity contribution in [2.45, 2.75) is 41.0 Å². The van der Waals surface area contributed by atoms with Crippen LogP contribution in [0, 0.1) is 0 Å². The van der Waals surface area contributed by atoms with Gasteiger partial charge < -0.3 is 23.7 Å². The minimum atomic E-state index is -0.390. The van der Waals surface area contributed by atoms with Crippen molar-refractivity contribution in [3.8, 4) is 0 Å². The smallest absolute Gasteiger partial charge is 0.338 e. The van der Waals surface area contributed by atoms with Crippen LogP contribution in [0.25, 0.3) is 29.0 Å². The number of nitrogens with zero attached hydrogens (tertiary/aromatic N) is 1. The molecular formula is C28H33NO6. The summed E-state index contributed by atoms with van der Waals surface area (Å²) in [7, 11) is 3.17. The number of methoxy groups -OCH3 is 2. The molecule has 2 aromatic rings. The van der Waals surface area contributed by atoms with Crippen LogP contribution >= 0.6 is 0 Å². The Balaban J connectivity index is 0.00000167. The largest absolute Gasteiger partial charge is 0.493 e. The molecule has 7 nitrogen and oxygen atoms in total. The number of allylic oxidation sites excluding steroid dienone is 3. The quantitative estimate of drug-likeness (QED) is 0.591. The number of carbonyl (C=O) groups is 1. The van der Waals surface area contributed by atoms with Gasteiger partial charge in [-0.2, -0.15) is 0 Å². The third kappa shape index (κ3) is 5.04. The highest BCUT2D eigenvalue weighted by Gasteiger charge is 2.23. The van der Waals surface area contributed by atoms with Crippen LogP contribution in [0.3, 0.4) is 0 Å². The van der Waals surface area contributed by atoms with Crippen LogP contribution in [0.2, 0.25) is 0 Å². The zero-order valence-electron chi connectivity index (χ0n) is 21.5. The molecule has 0 spiro atoms. The van der Waals surface area contributed by atoms with Gasteiger partial charge in [0, 0.05) is 22.9 Å². The van der Waals surface area contributed by atoms with Crippen LogP contribution in [0.4, 0.5) is 0 Å². The Labute approximate surface area is 206 Å². The van der Waals surface area contributed by atoms with E-state index in [1.54, 1.807) is 21.1 Å². The summed E-state index contributed by atoms with van der Waals surface area (Å²) in [4.78, 5) is 17.7. The number of hydrogen-bond acceptors (Lipinski definition) is 7. The number of aromatic nitrogens is 1. The molecule has 1 aliphatic heterocycles. The van der Waals surface area contributed by atoms with Crippen molar-refractivity contribution in [2.75, 3.05) is 27.6 Å². The van der Waals surface area contributed by atoms with Crippen molar-refractivity contribution in [2.24, 2.45) is 0 Å². The van der Waals surface area contributed by atoms with Crippen molar-refractivity contribution in [3.63, 3.8) is 0 Å². The van der Waals surface area contributed by atoms with E-state index in [1.165, 1.54) is 0 Å². The normalized spacial score (nSPS) is 15.7. The van der Waals surface area contributed by atoms with Gasteiger partial charge in [-0.3, -0.25) is 4.98 Å². The molecule has 1 aromatic heterocycles. The van der Waals surface area contributed by atoms with Gasteiger partial charge in [0.2, 0.25) is 6.79 Å². The van der Waals surface area contributed by atoms with Gasteiger partial charge in [0.15, 0.2) is 17.3 Å². The second-order valence-corrected chi connectivity index (χ2v) is 7.50. The van der Waals surface area contributed by atoms with E-state index in [2.05, 4.69) is 0 Å². The lowest BCUT2D eigenvalue weighted by molar-refractivity contribution is 0.0526. The molecule has 2 aliphatic rings. The summed E-state index contributed by atoms with van der Waals surface area (Å²) in [6.45, 7) is 10.1. The minimum Gasteiger partial charge on any atom is -0.493 e. The number of pyridine rings is 1. The molecule has 1 aliphatic carbocycles. The Hall–Kier alpha value is -3.74. The lowest BCUT2D eigenvalue weighted by Gasteiger charge is -2.14. The van der Waals surface area contributed by atoms with Gasteiger partial charge in [-0.25, -0.2) is 4.79 Å².